The third-order valence-electron chi connectivity index (χ3n) is 4.75. The molecule has 0 bridgehead atoms. The second kappa shape index (κ2) is 10.3. The average Bonchev–Trinajstić information content (AvgIpc) is 3.23. The average molecular weight is 431 g/mol. The second-order valence-electron chi connectivity index (χ2n) is 7.05. The van der Waals surface area contributed by atoms with Crippen LogP contribution in [0.3, 0.4) is 0 Å². The summed E-state index contributed by atoms with van der Waals surface area (Å²) in [6.45, 7) is 2.39. The molecular formula is C22H24ClFN4O2. The van der Waals surface area contributed by atoms with E-state index in [0.29, 0.717) is 36.6 Å². The molecule has 2 N–H and O–H groups in total. The zero-order valence-corrected chi connectivity index (χ0v) is 17.4. The van der Waals surface area contributed by atoms with Gasteiger partial charge in [0.15, 0.2) is 0 Å². The Bertz CT molecular complexity index is 964. The van der Waals surface area contributed by atoms with Crippen LogP contribution in [0.1, 0.15) is 18.9 Å². The van der Waals surface area contributed by atoms with Crippen molar-refractivity contribution in [3.8, 4) is 11.1 Å². The quantitative estimate of drug-likeness (QED) is 0.521. The van der Waals surface area contributed by atoms with Gasteiger partial charge >= 0.3 is 5.97 Å². The van der Waals surface area contributed by atoms with Gasteiger partial charge in [0.1, 0.15) is 5.82 Å². The minimum atomic E-state index is -0.438. The van der Waals surface area contributed by atoms with Gasteiger partial charge in [-0.15, -0.1) is 0 Å². The van der Waals surface area contributed by atoms with Crippen LogP contribution in [0.25, 0.3) is 11.1 Å². The molecule has 3 rings (SSSR count). The molecule has 0 spiro atoms. The van der Waals surface area contributed by atoms with Gasteiger partial charge in [0.05, 0.1) is 31.5 Å². The van der Waals surface area contributed by atoms with Crippen molar-refractivity contribution in [3.05, 3.63) is 71.3 Å². The summed E-state index contributed by atoms with van der Waals surface area (Å²) in [5.41, 5.74) is 8.51. The van der Waals surface area contributed by atoms with E-state index < -0.39 is 5.92 Å². The zero-order chi connectivity index (χ0) is 21.5. The van der Waals surface area contributed by atoms with E-state index in [1.54, 1.807) is 25.4 Å². The van der Waals surface area contributed by atoms with Crippen molar-refractivity contribution in [1.82, 2.24) is 15.0 Å². The fourth-order valence-corrected chi connectivity index (χ4v) is 3.50. The molecular weight excluding hydrogens is 407 g/mol. The third kappa shape index (κ3) is 5.87. The molecule has 0 aliphatic carbocycles. The minimum absolute atomic E-state index is 0.260. The maximum absolute atomic E-state index is 14.1. The monoisotopic (exact) mass is 430 g/mol. The van der Waals surface area contributed by atoms with Gasteiger partial charge in [-0.1, -0.05) is 35.9 Å². The second-order valence-corrected chi connectivity index (χ2v) is 7.49. The molecule has 158 valence electrons. The van der Waals surface area contributed by atoms with Crippen LogP contribution in [0.4, 0.5) is 4.39 Å². The molecule has 8 heteroatoms. The molecule has 30 heavy (non-hydrogen) atoms. The van der Waals surface area contributed by atoms with Crippen LogP contribution in [-0.4, -0.2) is 33.6 Å². The molecule has 0 saturated heterocycles. The van der Waals surface area contributed by atoms with E-state index in [-0.39, 0.29) is 17.8 Å². The molecule has 0 saturated carbocycles. The van der Waals surface area contributed by atoms with Crippen LogP contribution in [-0.2, 0) is 22.5 Å². The fraction of sp³-hybridized carbons (Fsp3) is 0.318. The molecule has 0 unspecified atom stereocenters. The number of rotatable bonds is 9. The highest BCUT2D eigenvalue weighted by atomic mass is 35.5. The Morgan fingerprint density at radius 2 is 1.90 bits per heavy atom. The Morgan fingerprint density at radius 3 is 2.57 bits per heavy atom. The summed E-state index contributed by atoms with van der Waals surface area (Å²) in [4.78, 5) is 13.8. The third-order valence-corrected chi connectivity index (χ3v) is 4.98. The zero-order valence-electron chi connectivity index (χ0n) is 16.7. The normalized spacial score (nSPS) is 13.1. The van der Waals surface area contributed by atoms with Crippen molar-refractivity contribution >= 4 is 17.6 Å². The molecule has 0 aliphatic rings. The number of ether oxygens (including phenoxy) is 1. The maximum atomic E-state index is 14.1. The molecule has 0 amide bonds. The summed E-state index contributed by atoms with van der Waals surface area (Å²) in [5, 5.41) is 8.60. The van der Waals surface area contributed by atoms with Crippen LogP contribution in [0.2, 0.25) is 5.02 Å². The lowest BCUT2D eigenvalue weighted by atomic mass is 9.94. The Kier molecular flexibility index (Phi) is 7.54. The molecule has 0 aliphatic heterocycles. The summed E-state index contributed by atoms with van der Waals surface area (Å²) in [5.74, 6) is -1.07. The van der Waals surface area contributed by atoms with Crippen molar-refractivity contribution in [2.45, 2.75) is 32.4 Å². The molecule has 6 nitrogen and oxygen atoms in total. The highest BCUT2D eigenvalue weighted by Gasteiger charge is 2.24. The van der Waals surface area contributed by atoms with Crippen molar-refractivity contribution in [2.75, 3.05) is 6.61 Å². The van der Waals surface area contributed by atoms with Crippen molar-refractivity contribution in [3.63, 3.8) is 0 Å². The topological polar surface area (TPSA) is 83.0 Å². The Morgan fingerprint density at radius 1 is 1.20 bits per heavy atom. The number of nitrogens with zero attached hydrogens (tertiary/aromatic N) is 3. The molecule has 1 heterocycles. The predicted molar refractivity (Wildman–Crippen MR) is 113 cm³/mol. The number of aromatic nitrogens is 3. The Hall–Kier alpha value is -2.77. The number of benzene rings is 2. The summed E-state index contributed by atoms with van der Waals surface area (Å²) < 4.78 is 19.2. The minimum Gasteiger partial charge on any atom is -0.466 e. The first-order chi connectivity index (χ1) is 14.5. The summed E-state index contributed by atoms with van der Waals surface area (Å²) in [6, 6.07) is 11.7. The maximum Gasteiger partial charge on any atom is 0.310 e. The van der Waals surface area contributed by atoms with Gasteiger partial charge in [-0.3, -0.25) is 4.79 Å². The highest BCUT2D eigenvalue weighted by molar-refractivity contribution is 6.30. The number of nitrogens with two attached hydrogens (primary N) is 1. The molecule has 0 fully saturated rings. The van der Waals surface area contributed by atoms with Crippen molar-refractivity contribution < 1.29 is 13.9 Å². The number of carbonyl (C=O) groups is 1. The molecule has 2 aromatic carbocycles. The summed E-state index contributed by atoms with van der Waals surface area (Å²) in [6.07, 6.45) is 4.13. The number of carbonyl (C=O) groups excluding carboxylic acids is 1. The van der Waals surface area contributed by atoms with Gasteiger partial charge in [0, 0.05) is 16.6 Å². The van der Waals surface area contributed by atoms with E-state index in [1.165, 1.54) is 16.9 Å². The first-order valence-corrected chi connectivity index (χ1v) is 10.1. The molecule has 0 radical (unpaired) electrons. The Balaban J connectivity index is 1.65. The van der Waals surface area contributed by atoms with Gasteiger partial charge < -0.3 is 10.5 Å². The summed E-state index contributed by atoms with van der Waals surface area (Å²) in [7, 11) is 0. The molecule has 2 atom stereocenters. The molecule has 3 aromatic rings. The smallest absolute Gasteiger partial charge is 0.310 e. The predicted octanol–water partition coefficient (Wildman–Crippen LogP) is 3.88. The van der Waals surface area contributed by atoms with Gasteiger partial charge in [-0.2, -0.15) is 15.0 Å². The van der Waals surface area contributed by atoms with E-state index >= 15 is 0 Å². The fourth-order valence-electron chi connectivity index (χ4n) is 3.33. The van der Waals surface area contributed by atoms with Crippen LogP contribution < -0.4 is 5.73 Å². The van der Waals surface area contributed by atoms with E-state index in [0.717, 1.165) is 11.1 Å². The van der Waals surface area contributed by atoms with Gasteiger partial charge in [0.2, 0.25) is 0 Å². The lowest BCUT2D eigenvalue weighted by Crippen LogP contribution is -2.33. The van der Waals surface area contributed by atoms with Gasteiger partial charge in [0.25, 0.3) is 0 Å². The van der Waals surface area contributed by atoms with Crippen LogP contribution in [0.15, 0.2) is 54.9 Å². The van der Waals surface area contributed by atoms with Crippen molar-refractivity contribution in [1.29, 1.82) is 0 Å². The van der Waals surface area contributed by atoms with Gasteiger partial charge in [-0.05, 0) is 49.1 Å². The van der Waals surface area contributed by atoms with Gasteiger partial charge in [-0.25, -0.2) is 4.39 Å². The number of esters is 1. The van der Waals surface area contributed by atoms with Crippen LogP contribution in [0.5, 0.6) is 0 Å². The van der Waals surface area contributed by atoms with Crippen LogP contribution >= 0.6 is 11.6 Å². The largest absolute Gasteiger partial charge is 0.466 e. The van der Waals surface area contributed by atoms with E-state index in [2.05, 4.69) is 10.2 Å². The van der Waals surface area contributed by atoms with E-state index in [4.69, 9.17) is 22.1 Å². The number of hydrogen-bond donors (Lipinski definition) is 1. The van der Waals surface area contributed by atoms with Crippen LogP contribution in [0, 0.1) is 11.7 Å². The number of halogens is 2. The highest BCUT2D eigenvalue weighted by Crippen LogP contribution is 2.26. The first kappa shape index (κ1) is 21.9. The standard InChI is InChI=1S/C22H24ClFN4O2/c1-2-30-22(29)17(14-28-26-9-10-27-28)12-19(25)11-15-3-5-16(6-4-15)20-13-18(23)7-8-21(20)24/h3-10,13,17,19H,2,11-12,14,25H2,1H3/t17-,19+/m0/s1. The van der Waals surface area contributed by atoms with E-state index in [9.17, 15) is 9.18 Å². The summed E-state index contributed by atoms with van der Waals surface area (Å²) >= 11 is 5.98. The lowest BCUT2D eigenvalue weighted by Gasteiger charge is -2.19. The number of hydrogen-bond acceptors (Lipinski definition) is 5. The lowest BCUT2D eigenvalue weighted by molar-refractivity contribution is -0.149. The molecule has 1 aromatic heterocycles. The first-order valence-electron chi connectivity index (χ1n) is 9.77. The van der Waals surface area contributed by atoms with E-state index in [1.807, 2.05) is 24.3 Å². The van der Waals surface area contributed by atoms with Crippen molar-refractivity contribution in [2.24, 2.45) is 11.7 Å². The Labute approximate surface area is 179 Å². The SMILES string of the molecule is CCOC(=O)[C@@H](C[C@H](N)Cc1ccc(-c2cc(Cl)ccc2F)cc1)Cn1nccn1.